The van der Waals surface area contributed by atoms with Gasteiger partial charge in [-0.25, -0.2) is 8.42 Å². The Morgan fingerprint density at radius 2 is 1.86 bits per heavy atom. The summed E-state index contributed by atoms with van der Waals surface area (Å²) >= 11 is 0. The molecule has 2 N–H and O–H groups in total. The summed E-state index contributed by atoms with van der Waals surface area (Å²) < 4.78 is 39.5. The molecule has 3 aliphatic rings. The molecular formula is C29H36N2O10S. The van der Waals surface area contributed by atoms with Gasteiger partial charge in [0, 0.05) is 30.9 Å². The van der Waals surface area contributed by atoms with Crippen LogP contribution >= 0.6 is 0 Å². The molecule has 2 unspecified atom stereocenters. The van der Waals surface area contributed by atoms with Gasteiger partial charge < -0.3 is 19.7 Å². The number of fused-ring (bicyclic) bond motifs is 2. The van der Waals surface area contributed by atoms with Gasteiger partial charge in [0.25, 0.3) is 15.7 Å². The third-order valence-electron chi connectivity index (χ3n) is 9.14. The molecule has 3 fully saturated rings. The van der Waals surface area contributed by atoms with Crippen molar-refractivity contribution in [2.75, 3.05) is 13.7 Å². The molecular weight excluding hydrogens is 568 g/mol. The molecule has 1 spiro atoms. The summed E-state index contributed by atoms with van der Waals surface area (Å²) in [7, 11) is -2.98. The number of ketones is 1. The third-order valence-corrected chi connectivity index (χ3v) is 10.9. The number of nitro benzene ring substituents is 1. The quantitative estimate of drug-likeness (QED) is 0.286. The molecule has 5 atom stereocenters. The average Bonchev–Trinajstić information content (AvgIpc) is 3.49. The highest BCUT2D eigenvalue weighted by Gasteiger charge is 2.70. The number of para-hydroxylation sites is 1. The number of sulfonamides is 1. The van der Waals surface area contributed by atoms with E-state index >= 15 is 0 Å². The van der Waals surface area contributed by atoms with Gasteiger partial charge in [0.15, 0.2) is 17.0 Å². The molecule has 0 amide bonds. The molecule has 5 rings (SSSR count). The molecule has 0 bridgehead atoms. The number of carbonyl (C=O) groups excluding carboxylic acids is 1. The van der Waals surface area contributed by atoms with E-state index in [0.29, 0.717) is 17.7 Å². The van der Waals surface area contributed by atoms with Crippen LogP contribution in [0, 0.1) is 21.4 Å². The number of methoxy groups -OCH3 is 1. The molecule has 2 aromatic carbocycles. The summed E-state index contributed by atoms with van der Waals surface area (Å²) in [4.78, 5) is 29.6. The summed E-state index contributed by atoms with van der Waals surface area (Å²) in [5.41, 5.74) is -2.24. The van der Waals surface area contributed by atoms with E-state index in [0.717, 1.165) is 29.4 Å². The fourth-order valence-corrected chi connectivity index (χ4v) is 8.67. The van der Waals surface area contributed by atoms with Crippen LogP contribution in [0.3, 0.4) is 0 Å². The largest absolute Gasteiger partial charge is 0.497 e. The summed E-state index contributed by atoms with van der Waals surface area (Å²) in [6.45, 7) is -0.337. The Morgan fingerprint density at radius 1 is 1.12 bits per heavy atom. The number of hydrogen-bond acceptors (Lipinski definition) is 10. The molecule has 2 aliphatic carbocycles. The Bertz CT molecular complexity index is 1420. The summed E-state index contributed by atoms with van der Waals surface area (Å²) in [5.74, 6) is 0.312. The van der Waals surface area contributed by atoms with Crippen molar-refractivity contribution in [3.8, 4) is 5.75 Å². The van der Waals surface area contributed by atoms with Gasteiger partial charge in [-0.3, -0.25) is 19.7 Å². The van der Waals surface area contributed by atoms with Gasteiger partial charge in [0.05, 0.1) is 24.7 Å². The second-order valence-corrected chi connectivity index (χ2v) is 13.0. The number of rotatable bonds is 11. The van der Waals surface area contributed by atoms with Crippen LogP contribution in [0.15, 0.2) is 53.4 Å². The molecule has 1 heterocycles. The van der Waals surface area contributed by atoms with Gasteiger partial charge in [-0.2, -0.15) is 0 Å². The zero-order chi connectivity index (χ0) is 30.1. The molecule has 1 saturated heterocycles. The lowest BCUT2D eigenvalue weighted by atomic mass is 9.57. The standard InChI is InChI=1S/C29H36N2O10S/c1-39-22-12-10-20(11-13-22)19-40-30(42(37,38)24-8-3-2-7-23(24)31(35)36)17-5-15-28-21(6-4-9-25(28)32)18-26(33)29(28)16-14-27(34)41-29/h2-3,7-8,10-13,21,25,27,32,34H,4-6,9,14-19H2,1H3/t21-,25?,27?,28+,29-/m0/s1. The third kappa shape index (κ3) is 5.22. The number of aliphatic hydroxyl groups excluding tert-OH is 2. The SMILES string of the molecule is COc1ccc(CON(CCC[C@]23C(O)CCC[C@H]2CC(=O)[C@@]32CCC(O)O2)S(=O)(=O)c2ccccc2[N+](=O)[O-])cc1. The Morgan fingerprint density at radius 3 is 2.52 bits per heavy atom. The maximum Gasteiger partial charge on any atom is 0.289 e. The van der Waals surface area contributed by atoms with E-state index < -0.39 is 48.9 Å². The van der Waals surface area contributed by atoms with Crippen LogP contribution < -0.4 is 4.74 Å². The molecule has 13 heteroatoms. The van der Waals surface area contributed by atoms with Crippen molar-refractivity contribution in [3.63, 3.8) is 0 Å². The summed E-state index contributed by atoms with van der Waals surface area (Å²) in [5, 5.41) is 33.3. The topological polar surface area (TPSA) is 166 Å². The van der Waals surface area contributed by atoms with Crippen molar-refractivity contribution in [1.29, 1.82) is 0 Å². The number of nitrogens with zero attached hydrogens (tertiary/aromatic N) is 2. The number of hydroxylamine groups is 1. The van der Waals surface area contributed by atoms with Crippen LogP contribution in [0.4, 0.5) is 5.69 Å². The smallest absolute Gasteiger partial charge is 0.289 e. The number of Topliss-reactive ketones (excluding diaryl/α,β-unsaturated/α-hetero) is 1. The lowest BCUT2D eigenvalue weighted by molar-refractivity contribution is -0.387. The molecule has 0 aromatic heterocycles. The lowest BCUT2D eigenvalue weighted by Crippen LogP contribution is -2.58. The molecule has 42 heavy (non-hydrogen) atoms. The Kier molecular flexibility index (Phi) is 8.70. The van der Waals surface area contributed by atoms with Crippen molar-refractivity contribution in [3.05, 3.63) is 64.2 Å². The first-order chi connectivity index (χ1) is 20.0. The molecule has 2 saturated carbocycles. The van der Waals surface area contributed by atoms with Crippen LogP contribution in [-0.2, 0) is 31.0 Å². The maximum atomic E-state index is 13.8. The van der Waals surface area contributed by atoms with E-state index in [4.69, 9.17) is 14.3 Å². The van der Waals surface area contributed by atoms with Crippen molar-refractivity contribution >= 4 is 21.5 Å². The number of benzene rings is 2. The zero-order valence-corrected chi connectivity index (χ0v) is 24.2. The Labute approximate surface area is 244 Å². The number of aliphatic hydroxyl groups is 2. The van der Waals surface area contributed by atoms with Crippen LogP contribution in [0.2, 0.25) is 0 Å². The van der Waals surface area contributed by atoms with Crippen LogP contribution in [0.25, 0.3) is 0 Å². The lowest BCUT2D eigenvalue weighted by Gasteiger charge is -2.51. The van der Waals surface area contributed by atoms with Crippen molar-refractivity contribution in [2.24, 2.45) is 11.3 Å². The second kappa shape index (κ2) is 12.0. The van der Waals surface area contributed by atoms with Crippen LogP contribution in [-0.4, -0.2) is 65.5 Å². The van der Waals surface area contributed by atoms with Crippen molar-refractivity contribution in [1.82, 2.24) is 4.47 Å². The molecule has 0 radical (unpaired) electrons. The van der Waals surface area contributed by atoms with Gasteiger partial charge in [0.1, 0.15) is 11.4 Å². The van der Waals surface area contributed by atoms with Crippen LogP contribution in [0.1, 0.15) is 56.9 Å². The van der Waals surface area contributed by atoms with Gasteiger partial charge in [-0.05, 0) is 61.8 Å². The summed E-state index contributed by atoms with van der Waals surface area (Å²) in [6, 6.07) is 11.9. The first-order valence-corrected chi connectivity index (χ1v) is 15.6. The van der Waals surface area contributed by atoms with Gasteiger partial charge in [-0.15, -0.1) is 0 Å². The predicted molar refractivity (Wildman–Crippen MR) is 148 cm³/mol. The van der Waals surface area contributed by atoms with E-state index in [9.17, 15) is 33.5 Å². The van der Waals surface area contributed by atoms with Gasteiger partial charge in [-0.1, -0.05) is 35.2 Å². The van der Waals surface area contributed by atoms with E-state index in [1.807, 2.05) is 0 Å². The number of hydrogen-bond donors (Lipinski definition) is 2. The summed E-state index contributed by atoms with van der Waals surface area (Å²) in [6.07, 6.45) is 1.17. The van der Waals surface area contributed by atoms with Gasteiger partial charge in [0.2, 0.25) is 0 Å². The van der Waals surface area contributed by atoms with E-state index in [1.54, 1.807) is 24.3 Å². The normalized spacial score (nSPS) is 29.2. The molecule has 228 valence electrons. The monoisotopic (exact) mass is 604 g/mol. The minimum absolute atomic E-state index is 0.134. The maximum absolute atomic E-state index is 13.8. The van der Waals surface area contributed by atoms with E-state index in [1.165, 1.54) is 19.2 Å². The molecule has 2 aromatic rings. The van der Waals surface area contributed by atoms with E-state index in [2.05, 4.69) is 0 Å². The Balaban J connectivity index is 1.43. The van der Waals surface area contributed by atoms with Crippen molar-refractivity contribution < 1.29 is 42.7 Å². The zero-order valence-electron chi connectivity index (χ0n) is 23.4. The molecule has 1 aliphatic heterocycles. The van der Waals surface area contributed by atoms with Crippen molar-refractivity contribution in [2.45, 2.75) is 80.9 Å². The number of nitro groups is 1. The van der Waals surface area contributed by atoms with Gasteiger partial charge >= 0.3 is 0 Å². The first kappa shape index (κ1) is 30.5. The minimum atomic E-state index is -4.50. The fourth-order valence-electron chi connectivity index (χ4n) is 7.23. The second-order valence-electron chi connectivity index (χ2n) is 11.2. The predicted octanol–water partition coefficient (Wildman–Crippen LogP) is 3.49. The highest BCUT2D eigenvalue weighted by Crippen LogP contribution is 2.63. The first-order valence-electron chi connectivity index (χ1n) is 14.1. The fraction of sp³-hybridized carbons (Fsp3) is 0.552. The average molecular weight is 605 g/mol. The highest BCUT2D eigenvalue weighted by molar-refractivity contribution is 7.89. The Hall–Kier alpha value is -2.94. The minimum Gasteiger partial charge on any atom is -0.497 e. The number of ether oxygens (including phenoxy) is 2. The van der Waals surface area contributed by atoms with Crippen LogP contribution in [0.5, 0.6) is 5.75 Å². The number of carbonyl (C=O) groups is 1. The van der Waals surface area contributed by atoms with E-state index in [-0.39, 0.29) is 57.0 Å². The highest BCUT2D eigenvalue weighted by atomic mass is 32.2. The molecule has 12 nitrogen and oxygen atoms in total.